The summed E-state index contributed by atoms with van der Waals surface area (Å²) in [4.78, 5) is 61.6. The summed E-state index contributed by atoms with van der Waals surface area (Å²) in [6.07, 6.45) is 5.44. The van der Waals surface area contributed by atoms with Crippen molar-refractivity contribution in [2.45, 2.75) is 83.0 Å². The van der Waals surface area contributed by atoms with Crippen molar-refractivity contribution in [1.29, 1.82) is 0 Å². The van der Waals surface area contributed by atoms with Crippen molar-refractivity contribution in [1.82, 2.24) is 25.9 Å². The molecule has 0 aromatic carbocycles. The molecule has 220 valence electrons. The maximum absolute atomic E-state index is 13.3. The molecule has 0 saturated heterocycles. The predicted octanol–water partition coefficient (Wildman–Crippen LogP) is -1.95. The average Bonchev–Trinajstić information content (AvgIpc) is 3.41. The highest BCUT2D eigenvalue weighted by Crippen LogP contribution is 2.09. The summed E-state index contributed by atoms with van der Waals surface area (Å²) in [5.41, 5.74) is 22.7. The standard InChI is InChI=1S/C24H44N10O5/c1-3-14(2)19(26)22(37)32-16(7-4-5-9-25)20(35)34-18(11-15-12-29-13-31-15)21(36)33-17(23(38)39)8-6-10-30-24(27)28/h12-14,16-19H,3-11,25-26H2,1-2H3,(H,29,31)(H,32,37)(H,33,36)(H,34,35)(H,38,39)(H4,27,28,30). The molecule has 0 aliphatic carbocycles. The number of nitrogens with one attached hydrogen (secondary N) is 4. The Hall–Kier alpha value is -3.72. The number of aromatic nitrogens is 2. The van der Waals surface area contributed by atoms with E-state index >= 15 is 0 Å². The van der Waals surface area contributed by atoms with E-state index < -0.39 is 47.9 Å². The Morgan fingerprint density at radius 3 is 2.18 bits per heavy atom. The third kappa shape index (κ3) is 12.6. The predicted molar refractivity (Wildman–Crippen MR) is 146 cm³/mol. The number of amides is 3. The van der Waals surface area contributed by atoms with Crippen LogP contribution in [0.3, 0.4) is 0 Å². The largest absolute Gasteiger partial charge is 0.480 e. The Labute approximate surface area is 228 Å². The molecule has 0 radical (unpaired) electrons. The number of guanidine groups is 1. The van der Waals surface area contributed by atoms with E-state index in [0.29, 0.717) is 37.9 Å². The number of carbonyl (C=O) groups is 4. The number of imidazole rings is 1. The Balaban J connectivity index is 3.05. The minimum Gasteiger partial charge on any atom is -0.480 e. The number of aliphatic imine (C=N–C) groups is 1. The van der Waals surface area contributed by atoms with Crippen molar-refractivity contribution in [3.05, 3.63) is 18.2 Å². The van der Waals surface area contributed by atoms with Crippen LogP contribution in [0.5, 0.6) is 0 Å². The van der Waals surface area contributed by atoms with Gasteiger partial charge < -0.3 is 49.0 Å². The van der Waals surface area contributed by atoms with Crippen molar-refractivity contribution in [2.75, 3.05) is 13.1 Å². The molecule has 0 aliphatic rings. The molecule has 1 rings (SSSR count). The van der Waals surface area contributed by atoms with Crippen LogP contribution >= 0.6 is 0 Å². The maximum Gasteiger partial charge on any atom is 0.326 e. The van der Waals surface area contributed by atoms with Crippen LogP contribution in [-0.4, -0.2) is 82.0 Å². The SMILES string of the molecule is CCC(C)C(N)C(=O)NC(CCCCN)C(=O)NC(Cc1cnc[nH]1)C(=O)NC(CCCN=C(N)N)C(=O)O. The van der Waals surface area contributed by atoms with Gasteiger partial charge in [0.2, 0.25) is 17.7 Å². The van der Waals surface area contributed by atoms with Gasteiger partial charge in [0, 0.05) is 24.9 Å². The first-order valence-electron chi connectivity index (χ1n) is 13.1. The number of nitrogens with two attached hydrogens (primary N) is 4. The zero-order valence-corrected chi connectivity index (χ0v) is 22.7. The van der Waals surface area contributed by atoms with Crippen molar-refractivity contribution in [3.8, 4) is 0 Å². The van der Waals surface area contributed by atoms with E-state index in [9.17, 15) is 24.3 Å². The van der Waals surface area contributed by atoms with E-state index in [1.165, 1.54) is 12.5 Å². The number of H-pyrrole nitrogens is 1. The number of rotatable bonds is 19. The number of hydrogen-bond donors (Lipinski definition) is 9. The Morgan fingerprint density at radius 2 is 1.62 bits per heavy atom. The molecular weight excluding hydrogens is 508 g/mol. The highest BCUT2D eigenvalue weighted by atomic mass is 16.4. The Kier molecular flexibility index (Phi) is 15.1. The second-order valence-electron chi connectivity index (χ2n) is 9.45. The quantitative estimate of drug-likeness (QED) is 0.0519. The van der Waals surface area contributed by atoms with E-state index in [4.69, 9.17) is 22.9 Å². The summed E-state index contributed by atoms with van der Waals surface area (Å²) in [5.74, 6) is -3.25. The molecule has 1 aromatic heterocycles. The third-order valence-electron chi connectivity index (χ3n) is 6.31. The Morgan fingerprint density at radius 1 is 1.00 bits per heavy atom. The molecule has 0 bridgehead atoms. The van der Waals surface area contributed by atoms with Crippen LogP contribution in [-0.2, 0) is 25.6 Å². The summed E-state index contributed by atoms with van der Waals surface area (Å²) in [5, 5.41) is 17.4. The van der Waals surface area contributed by atoms with Crippen molar-refractivity contribution in [3.63, 3.8) is 0 Å². The fourth-order valence-corrected chi connectivity index (χ4v) is 3.67. The first-order chi connectivity index (χ1) is 18.5. The van der Waals surface area contributed by atoms with Gasteiger partial charge in [-0.1, -0.05) is 20.3 Å². The van der Waals surface area contributed by atoms with Crippen molar-refractivity contribution < 1.29 is 24.3 Å². The molecule has 13 N–H and O–H groups in total. The lowest BCUT2D eigenvalue weighted by atomic mass is 9.98. The van der Waals surface area contributed by atoms with Crippen LogP contribution in [0.15, 0.2) is 17.5 Å². The number of carboxylic acids is 1. The molecule has 0 fully saturated rings. The van der Waals surface area contributed by atoms with Crippen LogP contribution in [0.2, 0.25) is 0 Å². The minimum absolute atomic E-state index is 0.00770. The minimum atomic E-state index is -1.24. The third-order valence-corrected chi connectivity index (χ3v) is 6.31. The van der Waals surface area contributed by atoms with Gasteiger partial charge in [0.15, 0.2) is 5.96 Å². The van der Waals surface area contributed by atoms with Gasteiger partial charge in [-0.05, 0) is 44.6 Å². The Bertz CT molecular complexity index is 936. The zero-order chi connectivity index (χ0) is 29.4. The molecule has 39 heavy (non-hydrogen) atoms. The van der Waals surface area contributed by atoms with Gasteiger partial charge in [-0.25, -0.2) is 9.78 Å². The molecule has 0 saturated carbocycles. The number of carboxylic acid groups (broad SMARTS) is 1. The molecule has 5 unspecified atom stereocenters. The molecule has 0 spiro atoms. The van der Waals surface area contributed by atoms with Gasteiger partial charge in [0.25, 0.3) is 0 Å². The fourth-order valence-electron chi connectivity index (χ4n) is 3.67. The molecule has 5 atom stereocenters. The van der Waals surface area contributed by atoms with Crippen LogP contribution in [0.25, 0.3) is 0 Å². The van der Waals surface area contributed by atoms with E-state index in [1.54, 1.807) is 0 Å². The van der Waals surface area contributed by atoms with Crippen LogP contribution in [0.4, 0.5) is 0 Å². The number of hydrogen-bond acceptors (Lipinski definition) is 8. The summed E-state index contributed by atoms with van der Waals surface area (Å²) < 4.78 is 0. The highest BCUT2D eigenvalue weighted by Gasteiger charge is 2.31. The average molecular weight is 553 g/mol. The van der Waals surface area contributed by atoms with Crippen molar-refractivity contribution in [2.24, 2.45) is 33.8 Å². The lowest BCUT2D eigenvalue weighted by molar-refractivity contribution is -0.142. The molecule has 1 heterocycles. The highest BCUT2D eigenvalue weighted by molar-refractivity contribution is 5.94. The maximum atomic E-state index is 13.3. The van der Waals surface area contributed by atoms with Gasteiger partial charge in [-0.15, -0.1) is 0 Å². The zero-order valence-electron chi connectivity index (χ0n) is 22.7. The molecule has 15 nitrogen and oxygen atoms in total. The number of nitrogens with zero attached hydrogens (tertiary/aromatic N) is 2. The summed E-state index contributed by atoms with van der Waals surface area (Å²) in [7, 11) is 0. The summed E-state index contributed by atoms with van der Waals surface area (Å²) in [6, 6.07) is -4.17. The van der Waals surface area contributed by atoms with Crippen LogP contribution < -0.4 is 38.9 Å². The molecule has 1 aromatic rings. The normalized spacial score (nSPS) is 14.8. The number of aromatic amines is 1. The molecular formula is C24H44N10O5. The van der Waals surface area contributed by atoms with Gasteiger partial charge >= 0.3 is 5.97 Å². The second kappa shape index (κ2) is 17.7. The van der Waals surface area contributed by atoms with E-state index in [0.717, 1.165) is 0 Å². The smallest absolute Gasteiger partial charge is 0.326 e. The number of carbonyl (C=O) groups excluding carboxylic acids is 3. The number of aliphatic carboxylic acids is 1. The van der Waals surface area contributed by atoms with E-state index in [-0.39, 0.29) is 37.7 Å². The summed E-state index contributed by atoms with van der Waals surface area (Å²) >= 11 is 0. The van der Waals surface area contributed by atoms with Gasteiger partial charge in [0.1, 0.15) is 18.1 Å². The van der Waals surface area contributed by atoms with Crippen molar-refractivity contribution >= 4 is 29.7 Å². The first kappa shape index (κ1) is 33.3. The summed E-state index contributed by atoms with van der Waals surface area (Å²) in [6.45, 7) is 4.36. The topological polar surface area (TPSA) is 270 Å². The van der Waals surface area contributed by atoms with Gasteiger partial charge in [0.05, 0.1) is 12.4 Å². The van der Waals surface area contributed by atoms with E-state index in [2.05, 4.69) is 30.9 Å². The molecule has 3 amide bonds. The molecule has 0 aliphatic heterocycles. The number of unbranched alkanes of at least 4 members (excludes halogenated alkanes) is 1. The lowest BCUT2D eigenvalue weighted by Gasteiger charge is -2.26. The lowest BCUT2D eigenvalue weighted by Crippen LogP contribution is -2.58. The van der Waals surface area contributed by atoms with Crippen LogP contribution in [0.1, 0.15) is 58.1 Å². The monoisotopic (exact) mass is 552 g/mol. The van der Waals surface area contributed by atoms with Gasteiger partial charge in [-0.3, -0.25) is 19.4 Å². The van der Waals surface area contributed by atoms with Gasteiger partial charge in [-0.2, -0.15) is 0 Å². The fraction of sp³-hybridized carbons (Fsp3) is 0.667. The molecule has 15 heteroatoms. The van der Waals surface area contributed by atoms with Crippen LogP contribution in [0, 0.1) is 5.92 Å². The first-order valence-corrected chi connectivity index (χ1v) is 13.1. The second-order valence-corrected chi connectivity index (χ2v) is 9.45. The van der Waals surface area contributed by atoms with E-state index in [1.807, 2.05) is 13.8 Å².